The molecule has 0 aliphatic heterocycles. The average Bonchev–Trinajstić information content (AvgIpc) is 3.27. The number of methoxy groups -OCH3 is 1. The highest BCUT2D eigenvalue weighted by molar-refractivity contribution is 7.19. The minimum absolute atomic E-state index is 0.00342. The lowest BCUT2D eigenvalue weighted by molar-refractivity contribution is 0.0950. The number of carbonyl (C=O) groups excluding carboxylic acids is 1. The molecule has 1 N–H and O–H groups in total. The van der Waals surface area contributed by atoms with E-state index in [1.165, 1.54) is 24.8 Å². The fourth-order valence-corrected chi connectivity index (χ4v) is 4.08. The van der Waals surface area contributed by atoms with Gasteiger partial charge in [0, 0.05) is 25.9 Å². The Labute approximate surface area is 188 Å². The van der Waals surface area contributed by atoms with Crippen molar-refractivity contribution in [2.45, 2.75) is 13.1 Å². The Balaban J connectivity index is 1.64. The van der Waals surface area contributed by atoms with E-state index in [1.54, 1.807) is 18.3 Å². The number of hydrogen-bond donors (Lipinski definition) is 1. The fraction of sp³-hybridized carbons (Fsp3) is 0.190. The summed E-state index contributed by atoms with van der Waals surface area (Å²) >= 11 is 0.902. The molecular weight excluding hydrogens is 456 g/mol. The first-order chi connectivity index (χ1) is 15.8. The van der Waals surface area contributed by atoms with Crippen molar-refractivity contribution in [3.8, 4) is 5.88 Å². The fourth-order valence-electron chi connectivity index (χ4n) is 3.15. The molecule has 0 radical (unpaired) electrons. The van der Waals surface area contributed by atoms with Gasteiger partial charge in [-0.3, -0.25) is 18.7 Å². The van der Waals surface area contributed by atoms with E-state index in [2.05, 4.69) is 15.3 Å². The molecule has 0 unspecified atom stereocenters. The molecule has 0 atom stereocenters. The monoisotopic (exact) mass is 473 g/mol. The van der Waals surface area contributed by atoms with Crippen LogP contribution in [0.2, 0.25) is 0 Å². The van der Waals surface area contributed by atoms with Crippen LogP contribution in [0.15, 0.2) is 46.1 Å². The minimum atomic E-state index is -1.09. The summed E-state index contributed by atoms with van der Waals surface area (Å²) in [6.45, 7) is -0.103. The molecule has 4 aromatic rings. The number of carbonyl (C=O) groups is 1. The Kier molecular flexibility index (Phi) is 6.01. The van der Waals surface area contributed by atoms with Crippen molar-refractivity contribution < 1.29 is 18.3 Å². The third-order valence-corrected chi connectivity index (χ3v) is 5.99. The molecule has 33 heavy (non-hydrogen) atoms. The second-order valence-corrected chi connectivity index (χ2v) is 8.02. The number of thiazole rings is 1. The molecule has 0 aliphatic rings. The minimum Gasteiger partial charge on any atom is -0.481 e. The summed E-state index contributed by atoms with van der Waals surface area (Å²) in [4.78, 5) is 46.6. The normalized spacial score (nSPS) is 11.0. The molecule has 1 aromatic carbocycles. The lowest BCUT2D eigenvalue weighted by Gasteiger charge is -2.08. The Morgan fingerprint density at radius 2 is 1.94 bits per heavy atom. The largest absolute Gasteiger partial charge is 0.481 e. The van der Waals surface area contributed by atoms with Crippen molar-refractivity contribution in [2.75, 3.05) is 7.11 Å². The van der Waals surface area contributed by atoms with Crippen LogP contribution in [0, 0.1) is 11.6 Å². The highest BCUT2D eigenvalue weighted by Crippen LogP contribution is 2.18. The van der Waals surface area contributed by atoms with Crippen LogP contribution in [0.3, 0.4) is 0 Å². The standard InChI is InChI=1S/C21H17F2N5O4S/c1-27-20-16(19(30)28(21(27)31)10-12-3-4-13(22)14(23)7-12)26-18(33-20)17(29)25-9-11-5-6-24-15(8-11)32-2/h3-8H,9-10H2,1-2H3,(H,25,29). The molecule has 0 aliphatic carbocycles. The molecule has 0 spiro atoms. The van der Waals surface area contributed by atoms with Gasteiger partial charge in [-0.05, 0) is 29.3 Å². The molecule has 170 valence electrons. The zero-order valence-electron chi connectivity index (χ0n) is 17.5. The van der Waals surface area contributed by atoms with Gasteiger partial charge >= 0.3 is 5.69 Å². The predicted molar refractivity (Wildman–Crippen MR) is 117 cm³/mol. The molecule has 0 fully saturated rings. The third-order valence-electron chi connectivity index (χ3n) is 4.86. The lowest BCUT2D eigenvalue weighted by Crippen LogP contribution is -2.39. The molecule has 9 nitrogen and oxygen atoms in total. The van der Waals surface area contributed by atoms with E-state index < -0.39 is 28.8 Å². The van der Waals surface area contributed by atoms with Gasteiger partial charge in [0.2, 0.25) is 5.88 Å². The summed E-state index contributed by atoms with van der Waals surface area (Å²) in [7, 11) is 2.92. The summed E-state index contributed by atoms with van der Waals surface area (Å²) in [6, 6.07) is 6.49. The van der Waals surface area contributed by atoms with Crippen molar-refractivity contribution in [3.05, 3.63) is 85.1 Å². The van der Waals surface area contributed by atoms with Crippen molar-refractivity contribution in [1.29, 1.82) is 0 Å². The smallest absolute Gasteiger partial charge is 0.332 e. The average molecular weight is 473 g/mol. The number of rotatable bonds is 6. The number of nitrogens with zero attached hydrogens (tertiary/aromatic N) is 4. The number of halogens is 2. The Morgan fingerprint density at radius 3 is 2.67 bits per heavy atom. The van der Waals surface area contributed by atoms with Gasteiger partial charge in [0.15, 0.2) is 22.2 Å². The van der Waals surface area contributed by atoms with Crippen LogP contribution in [0.25, 0.3) is 10.3 Å². The number of ether oxygens (including phenoxy) is 1. The number of benzene rings is 1. The van der Waals surface area contributed by atoms with E-state index in [4.69, 9.17) is 4.74 Å². The van der Waals surface area contributed by atoms with Crippen molar-refractivity contribution in [1.82, 2.24) is 24.4 Å². The van der Waals surface area contributed by atoms with Crippen LogP contribution in [-0.2, 0) is 20.1 Å². The van der Waals surface area contributed by atoms with Crippen molar-refractivity contribution in [3.63, 3.8) is 0 Å². The maximum atomic E-state index is 13.5. The lowest BCUT2D eigenvalue weighted by atomic mass is 10.2. The zero-order valence-corrected chi connectivity index (χ0v) is 18.3. The highest BCUT2D eigenvalue weighted by atomic mass is 32.1. The van der Waals surface area contributed by atoms with E-state index in [0.29, 0.717) is 5.88 Å². The number of hydrogen-bond acceptors (Lipinski definition) is 7. The summed E-state index contributed by atoms with van der Waals surface area (Å²) in [6.07, 6.45) is 1.54. The van der Waals surface area contributed by atoms with Crippen LogP contribution < -0.4 is 21.3 Å². The van der Waals surface area contributed by atoms with Crippen LogP contribution in [0.4, 0.5) is 8.78 Å². The first kappa shape index (κ1) is 22.3. The third kappa shape index (κ3) is 4.37. The maximum absolute atomic E-state index is 13.5. The Morgan fingerprint density at radius 1 is 1.15 bits per heavy atom. The molecule has 1 amide bonds. The van der Waals surface area contributed by atoms with Crippen molar-refractivity contribution >= 4 is 27.6 Å². The van der Waals surface area contributed by atoms with E-state index in [1.807, 2.05) is 0 Å². The van der Waals surface area contributed by atoms with E-state index in [9.17, 15) is 23.2 Å². The molecular formula is C21H17F2N5O4S. The molecule has 0 saturated carbocycles. The summed E-state index contributed by atoms with van der Waals surface area (Å²) in [5.41, 5.74) is -0.491. The maximum Gasteiger partial charge on any atom is 0.332 e. The Bertz CT molecular complexity index is 1490. The number of pyridine rings is 1. The van der Waals surface area contributed by atoms with Gasteiger partial charge in [0.25, 0.3) is 11.5 Å². The number of aryl methyl sites for hydroxylation is 1. The predicted octanol–water partition coefficient (Wildman–Crippen LogP) is 1.82. The zero-order chi connectivity index (χ0) is 23.7. The van der Waals surface area contributed by atoms with Crippen LogP contribution in [0.1, 0.15) is 20.9 Å². The van der Waals surface area contributed by atoms with Crippen molar-refractivity contribution in [2.24, 2.45) is 7.05 Å². The number of aromatic nitrogens is 4. The van der Waals surface area contributed by atoms with Gasteiger partial charge < -0.3 is 10.1 Å². The molecule has 0 saturated heterocycles. The number of nitrogens with one attached hydrogen (secondary N) is 1. The highest BCUT2D eigenvalue weighted by Gasteiger charge is 2.20. The molecule has 3 aromatic heterocycles. The summed E-state index contributed by atoms with van der Waals surface area (Å²) < 4.78 is 33.8. The summed E-state index contributed by atoms with van der Waals surface area (Å²) in [5.74, 6) is -2.24. The van der Waals surface area contributed by atoms with E-state index in [-0.39, 0.29) is 34.0 Å². The second kappa shape index (κ2) is 8.90. The second-order valence-electron chi connectivity index (χ2n) is 7.04. The van der Waals surface area contributed by atoms with Crippen LogP contribution in [-0.4, -0.2) is 32.1 Å². The van der Waals surface area contributed by atoms with E-state index in [0.717, 1.165) is 33.6 Å². The first-order valence-corrected chi connectivity index (χ1v) is 10.4. The van der Waals surface area contributed by atoms with Gasteiger partial charge in [0.05, 0.1) is 13.7 Å². The summed E-state index contributed by atoms with van der Waals surface area (Å²) in [5, 5.41) is 2.70. The topological polar surface area (TPSA) is 108 Å². The van der Waals surface area contributed by atoms with Gasteiger partial charge in [-0.25, -0.2) is 23.5 Å². The quantitative estimate of drug-likeness (QED) is 0.458. The van der Waals surface area contributed by atoms with Gasteiger partial charge in [0.1, 0.15) is 4.83 Å². The molecule has 3 heterocycles. The van der Waals surface area contributed by atoms with Gasteiger partial charge in [-0.15, -0.1) is 0 Å². The number of amides is 1. The molecule has 4 rings (SSSR count). The Hall–Kier alpha value is -3.93. The van der Waals surface area contributed by atoms with Crippen LogP contribution >= 0.6 is 11.3 Å². The van der Waals surface area contributed by atoms with Crippen LogP contribution in [0.5, 0.6) is 5.88 Å². The molecule has 12 heteroatoms. The van der Waals surface area contributed by atoms with Gasteiger partial charge in [-0.1, -0.05) is 17.4 Å². The van der Waals surface area contributed by atoms with Gasteiger partial charge in [-0.2, -0.15) is 0 Å². The SMILES string of the molecule is COc1cc(CNC(=O)c2nc3c(=O)n(Cc4ccc(F)c(F)c4)c(=O)n(C)c3s2)ccn1. The van der Waals surface area contributed by atoms with E-state index >= 15 is 0 Å². The number of fused-ring (bicyclic) bond motifs is 1. The molecule has 0 bridgehead atoms. The first-order valence-electron chi connectivity index (χ1n) is 9.60.